The van der Waals surface area contributed by atoms with E-state index in [0.717, 1.165) is 11.0 Å². The van der Waals surface area contributed by atoms with Crippen molar-refractivity contribution in [3.63, 3.8) is 0 Å². The highest BCUT2D eigenvalue weighted by molar-refractivity contribution is 5.86. The lowest BCUT2D eigenvalue weighted by molar-refractivity contribution is 0.419. The van der Waals surface area contributed by atoms with Crippen LogP contribution in [0.25, 0.3) is 11.0 Å². The number of rotatable bonds is 3. The van der Waals surface area contributed by atoms with E-state index in [1.54, 1.807) is 6.33 Å². The minimum Gasteiger partial charge on any atom is -0.383 e. The Morgan fingerprint density at radius 1 is 1.30 bits per heavy atom. The lowest BCUT2D eigenvalue weighted by atomic mass is 9.90. The van der Waals surface area contributed by atoms with E-state index in [4.69, 9.17) is 5.73 Å². The quantitative estimate of drug-likeness (QED) is 0.807. The van der Waals surface area contributed by atoms with Gasteiger partial charge in [-0.25, -0.2) is 15.0 Å². The molecule has 4 rings (SSSR count). The number of nitrogens with two attached hydrogens (primary N) is 1. The summed E-state index contributed by atoms with van der Waals surface area (Å²) in [5, 5.41) is 0.954. The van der Waals surface area contributed by atoms with Crippen LogP contribution in [0.4, 0.5) is 5.82 Å². The monoisotopic (exact) mass is 310 g/mol. The molecule has 0 aromatic carbocycles. The lowest BCUT2D eigenvalue weighted by Gasteiger charge is -2.20. The van der Waals surface area contributed by atoms with Gasteiger partial charge in [-0.15, -0.1) is 0 Å². The van der Waals surface area contributed by atoms with Gasteiger partial charge in [-0.05, 0) is 31.2 Å². The summed E-state index contributed by atoms with van der Waals surface area (Å²) in [4.78, 5) is 12.8. The Balaban J connectivity index is 1.58. The fraction of sp³-hybridized carbons (Fsp3) is 0.471. The average Bonchev–Trinajstić information content (AvgIpc) is 3.25. The van der Waals surface area contributed by atoms with Gasteiger partial charge in [0.05, 0.1) is 11.7 Å². The van der Waals surface area contributed by atoms with Crippen molar-refractivity contribution >= 4 is 16.9 Å². The van der Waals surface area contributed by atoms with Crippen molar-refractivity contribution in [2.45, 2.75) is 38.1 Å². The number of fused-ring (bicyclic) bond motifs is 1. The number of hydrogen-bond donors (Lipinski definition) is 1. The molecule has 120 valence electrons. The van der Waals surface area contributed by atoms with Gasteiger partial charge in [-0.3, -0.25) is 0 Å². The molecule has 6 nitrogen and oxygen atoms in total. The Morgan fingerprint density at radius 3 is 2.96 bits per heavy atom. The second kappa shape index (κ2) is 5.37. The van der Waals surface area contributed by atoms with E-state index in [1.807, 2.05) is 18.6 Å². The number of aromatic nitrogens is 5. The maximum Gasteiger partial charge on any atom is 0.145 e. The minimum absolute atomic E-state index is 0.488. The van der Waals surface area contributed by atoms with Gasteiger partial charge in [0.2, 0.25) is 0 Å². The number of nitrogen functional groups attached to an aromatic ring is 1. The molecule has 0 spiro atoms. The molecule has 6 heteroatoms. The van der Waals surface area contributed by atoms with Gasteiger partial charge in [0.15, 0.2) is 0 Å². The standard InChI is InChI=1S/C17H22N6/c1-11(15-8-19-10-22(15)2)12-3-4-13(7-12)23-6-5-14-16(18)20-9-21-17(14)23/h5-6,8-13H,3-4,7H2,1-2H3,(H2,18,20,21). The second-order valence-corrected chi connectivity index (χ2v) is 6.66. The summed E-state index contributed by atoms with van der Waals surface area (Å²) in [6.07, 6.45) is 11.1. The van der Waals surface area contributed by atoms with Crippen molar-refractivity contribution in [1.29, 1.82) is 0 Å². The predicted octanol–water partition coefficient (Wildman–Crippen LogP) is 2.89. The van der Waals surface area contributed by atoms with Crippen molar-refractivity contribution in [2.24, 2.45) is 13.0 Å². The topological polar surface area (TPSA) is 74.5 Å². The molecule has 3 aromatic rings. The highest BCUT2D eigenvalue weighted by atomic mass is 15.1. The summed E-state index contributed by atoms with van der Waals surface area (Å²) in [7, 11) is 2.07. The van der Waals surface area contributed by atoms with E-state index >= 15 is 0 Å². The Bertz CT molecular complexity index is 833. The lowest BCUT2D eigenvalue weighted by Crippen LogP contribution is -2.11. The van der Waals surface area contributed by atoms with E-state index in [0.29, 0.717) is 23.7 Å². The van der Waals surface area contributed by atoms with Crippen LogP contribution in [0.15, 0.2) is 31.1 Å². The molecule has 23 heavy (non-hydrogen) atoms. The number of hydrogen-bond acceptors (Lipinski definition) is 4. The maximum absolute atomic E-state index is 5.95. The summed E-state index contributed by atoms with van der Waals surface area (Å²) < 4.78 is 4.42. The largest absolute Gasteiger partial charge is 0.383 e. The first-order chi connectivity index (χ1) is 11.1. The first kappa shape index (κ1) is 14.2. The van der Waals surface area contributed by atoms with Crippen molar-refractivity contribution < 1.29 is 0 Å². The zero-order valence-corrected chi connectivity index (χ0v) is 13.6. The smallest absolute Gasteiger partial charge is 0.145 e. The summed E-state index contributed by atoms with van der Waals surface area (Å²) in [5.74, 6) is 1.76. The van der Waals surface area contributed by atoms with Crippen molar-refractivity contribution in [3.8, 4) is 0 Å². The van der Waals surface area contributed by atoms with Crippen LogP contribution >= 0.6 is 0 Å². The molecule has 1 aliphatic rings. The van der Waals surface area contributed by atoms with Crippen molar-refractivity contribution in [1.82, 2.24) is 24.1 Å². The summed E-state index contributed by atoms with van der Waals surface area (Å²) in [6, 6.07) is 2.52. The maximum atomic E-state index is 5.95. The first-order valence-electron chi connectivity index (χ1n) is 8.18. The van der Waals surface area contributed by atoms with Crippen molar-refractivity contribution in [2.75, 3.05) is 5.73 Å². The van der Waals surface area contributed by atoms with E-state index < -0.39 is 0 Å². The SMILES string of the molecule is CC(c1cncn1C)C1CCC(n2ccc3c(N)ncnc32)C1. The Kier molecular flexibility index (Phi) is 3.32. The van der Waals surface area contributed by atoms with Crippen LogP contribution in [0.1, 0.15) is 43.8 Å². The van der Waals surface area contributed by atoms with E-state index in [9.17, 15) is 0 Å². The summed E-state index contributed by atoms with van der Waals surface area (Å²) in [6.45, 7) is 2.32. The summed E-state index contributed by atoms with van der Waals surface area (Å²) in [5.41, 5.74) is 8.22. The molecule has 1 fully saturated rings. The Labute approximate surface area is 135 Å². The minimum atomic E-state index is 0.488. The van der Waals surface area contributed by atoms with Crippen LogP contribution in [0.2, 0.25) is 0 Å². The van der Waals surface area contributed by atoms with Gasteiger partial charge in [-0.1, -0.05) is 6.92 Å². The Hall–Kier alpha value is -2.37. The van der Waals surface area contributed by atoms with E-state index in [-0.39, 0.29) is 0 Å². The molecule has 0 bridgehead atoms. The zero-order valence-electron chi connectivity index (χ0n) is 13.6. The molecular formula is C17H22N6. The number of imidazole rings is 1. The highest BCUT2D eigenvalue weighted by Gasteiger charge is 2.32. The van der Waals surface area contributed by atoms with Crippen LogP contribution in [-0.4, -0.2) is 24.1 Å². The predicted molar refractivity (Wildman–Crippen MR) is 89.9 cm³/mol. The Morgan fingerprint density at radius 2 is 2.17 bits per heavy atom. The van der Waals surface area contributed by atoms with E-state index in [1.165, 1.54) is 25.0 Å². The summed E-state index contributed by atoms with van der Waals surface area (Å²) >= 11 is 0. The fourth-order valence-electron chi connectivity index (χ4n) is 4.03. The van der Waals surface area contributed by atoms with Crippen molar-refractivity contribution in [3.05, 3.63) is 36.8 Å². The molecule has 1 aliphatic carbocycles. The molecular weight excluding hydrogens is 288 g/mol. The average molecular weight is 310 g/mol. The number of nitrogens with zero attached hydrogens (tertiary/aromatic N) is 5. The molecule has 3 heterocycles. The molecule has 1 saturated carbocycles. The zero-order chi connectivity index (χ0) is 16.0. The molecule has 0 saturated heterocycles. The molecule has 0 amide bonds. The molecule has 3 atom stereocenters. The normalized spacial score (nSPS) is 22.7. The van der Waals surface area contributed by atoms with Gasteiger partial charge in [0.1, 0.15) is 17.8 Å². The van der Waals surface area contributed by atoms with Gasteiger partial charge in [0, 0.05) is 37.1 Å². The third kappa shape index (κ3) is 2.29. The van der Waals surface area contributed by atoms with Crippen LogP contribution in [0.5, 0.6) is 0 Å². The fourth-order valence-corrected chi connectivity index (χ4v) is 4.03. The van der Waals surface area contributed by atoms with Crippen LogP contribution in [0.3, 0.4) is 0 Å². The number of anilines is 1. The third-order valence-electron chi connectivity index (χ3n) is 5.41. The van der Waals surface area contributed by atoms with Gasteiger partial charge in [-0.2, -0.15) is 0 Å². The van der Waals surface area contributed by atoms with Gasteiger partial charge < -0.3 is 14.9 Å². The van der Waals surface area contributed by atoms with Crippen LogP contribution in [-0.2, 0) is 7.05 Å². The number of aryl methyl sites for hydroxylation is 1. The third-order valence-corrected chi connectivity index (χ3v) is 5.41. The van der Waals surface area contributed by atoms with Crippen LogP contribution < -0.4 is 5.73 Å². The second-order valence-electron chi connectivity index (χ2n) is 6.66. The highest BCUT2D eigenvalue weighted by Crippen LogP contribution is 2.43. The molecule has 0 aliphatic heterocycles. The molecule has 3 aromatic heterocycles. The van der Waals surface area contributed by atoms with E-state index in [2.05, 4.69) is 44.3 Å². The van der Waals surface area contributed by atoms with Gasteiger partial charge >= 0.3 is 0 Å². The molecule has 3 unspecified atom stereocenters. The first-order valence-corrected chi connectivity index (χ1v) is 8.18. The van der Waals surface area contributed by atoms with Crippen LogP contribution in [0, 0.1) is 5.92 Å². The molecule has 2 N–H and O–H groups in total. The van der Waals surface area contributed by atoms with Gasteiger partial charge in [0.25, 0.3) is 0 Å². The molecule has 0 radical (unpaired) electrons.